The number of amides is 1. The Morgan fingerprint density at radius 3 is 2.70 bits per heavy atom. The first kappa shape index (κ1) is 18.3. The number of hydrogen-bond acceptors (Lipinski definition) is 5. The highest BCUT2D eigenvalue weighted by atomic mass is 32.2. The van der Waals surface area contributed by atoms with Crippen molar-refractivity contribution >= 4 is 15.7 Å². The van der Waals surface area contributed by atoms with Gasteiger partial charge in [0, 0.05) is 13.0 Å². The number of ether oxygens (including phenoxy) is 1. The summed E-state index contributed by atoms with van der Waals surface area (Å²) in [6.45, 7) is 2.78. The lowest BCUT2D eigenvalue weighted by Crippen LogP contribution is -2.54. The van der Waals surface area contributed by atoms with Crippen LogP contribution in [0.25, 0.3) is 0 Å². The van der Waals surface area contributed by atoms with E-state index in [1.807, 2.05) is 37.3 Å². The zero-order valence-electron chi connectivity index (χ0n) is 15.2. The van der Waals surface area contributed by atoms with Gasteiger partial charge in [-0.15, -0.1) is 0 Å². The van der Waals surface area contributed by atoms with Gasteiger partial charge in [-0.2, -0.15) is 0 Å². The molecule has 1 amide bonds. The molecule has 0 radical (unpaired) electrons. The van der Waals surface area contributed by atoms with E-state index in [4.69, 9.17) is 9.15 Å². The molecule has 2 saturated heterocycles. The molecular formula is C20H23NO5S. The molecule has 1 aromatic carbocycles. The van der Waals surface area contributed by atoms with Crippen LogP contribution in [-0.4, -0.2) is 56.0 Å². The van der Waals surface area contributed by atoms with Gasteiger partial charge in [0.2, 0.25) is 5.91 Å². The Kier molecular flexibility index (Phi) is 4.82. The Hall–Kier alpha value is -2.12. The van der Waals surface area contributed by atoms with Gasteiger partial charge in [-0.05, 0) is 24.6 Å². The van der Waals surface area contributed by atoms with Crippen molar-refractivity contribution in [2.24, 2.45) is 0 Å². The van der Waals surface area contributed by atoms with Crippen LogP contribution in [-0.2, 0) is 25.8 Å². The Labute approximate surface area is 159 Å². The number of fused-ring (bicyclic) bond motifs is 1. The van der Waals surface area contributed by atoms with Gasteiger partial charge in [-0.3, -0.25) is 4.79 Å². The molecule has 2 aromatic rings. The molecule has 0 bridgehead atoms. The zero-order chi connectivity index (χ0) is 19.0. The molecule has 144 valence electrons. The molecule has 6 nitrogen and oxygen atoms in total. The van der Waals surface area contributed by atoms with E-state index < -0.39 is 27.9 Å². The smallest absolute Gasteiger partial charge is 0.231 e. The lowest BCUT2D eigenvalue weighted by atomic mass is 9.91. The van der Waals surface area contributed by atoms with Gasteiger partial charge in [-0.1, -0.05) is 29.8 Å². The molecule has 1 aromatic heterocycles. The predicted molar refractivity (Wildman–Crippen MR) is 100 cm³/mol. The number of nitrogens with zero attached hydrogens (tertiary/aromatic N) is 1. The Bertz CT molecular complexity index is 904. The fourth-order valence-corrected chi connectivity index (χ4v) is 5.84. The lowest BCUT2D eigenvalue weighted by Gasteiger charge is -2.38. The maximum Gasteiger partial charge on any atom is 0.231 e. The highest BCUT2D eigenvalue weighted by molar-refractivity contribution is 7.91. The minimum atomic E-state index is -3.18. The molecule has 2 aliphatic rings. The molecule has 0 spiro atoms. The number of aryl methyl sites for hydroxylation is 1. The second-order valence-corrected chi connectivity index (χ2v) is 9.49. The molecule has 7 heteroatoms. The quantitative estimate of drug-likeness (QED) is 0.799. The molecule has 2 fully saturated rings. The number of rotatable bonds is 4. The van der Waals surface area contributed by atoms with Crippen LogP contribution in [0.3, 0.4) is 0 Å². The third-order valence-electron chi connectivity index (χ3n) is 5.38. The van der Waals surface area contributed by atoms with E-state index in [1.165, 1.54) is 0 Å². The first-order valence-electron chi connectivity index (χ1n) is 9.14. The Morgan fingerprint density at radius 1 is 1.22 bits per heavy atom. The lowest BCUT2D eigenvalue weighted by molar-refractivity contribution is -0.144. The van der Waals surface area contributed by atoms with Crippen molar-refractivity contribution < 1.29 is 22.4 Å². The monoisotopic (exact) mass is 389 g/mol. The minimum Gasteiger partial charge on any atom is -0.469 e. The summed E-state index contributed by atoms with van der Waals surface area (Å²) in [4.78, 5) is 15.2. The highest BCUT2D eigenvalue weighted by Gasteiger charge is 2.46. The van der Waals surface area contributed by atoms with Crippen molar-refractivity contribution in [1.29, 1.82) is 0 Å². The molecule has 27 heavy (non-hydrogen) atoms. The SMILES string of the molecule is Cc1ccc(C(Cc2ccco2)C(=O)N2CCOC3CS(=O)(=O)CC32)cc1. The normalized spacial score (nSPS) is 25.1. The van der Waals surface area contributed by atoms with E-state index in [-0.39, 0.29) is 17.4 Å². The predicted octanol–water partition coefficient (Wildman–Crippen LogP) is 1.94. The first-order chi connectivity index (χ1) is 12.9. The highest BCUT2D eigenvalue weighted by Crippen LogP contribution is 2.30. The molecule has 0 N–H and O–H groups in total. The number of carbonyl (C=O) groups excluding carboxylic acids is 1. The summed E-state index contributed by atoms with van der Waals surface area (Å²) in [7, 11) is -3.18. The van der Waals surface area contributed by atoms with E-state index in [0.717, 1.165) is 16.9 Å². The van der Waals surface area contributed by atoms with Crippen LogP contribution in [0, 0.1) is 6.92 Å². The summed E-state index contributed by atoms with van der Waals surface area (Å²) in [6, 6.07) is 11.2. The summed E-state index contributed by atoms with van der Waals surface area (Å²) < 4.78 is 35.2. The van der Waals surface area contributed by atoms with E-state index in [9.17, 15) is 13.2 Å². The van der Waals surface area contributed by atoms with Gasteiger partial charge < -0.3 is 14.1 Å². The van der Waals surface area contributed by atoms with E-state index in [2.05, 4.69) is 0 Å². The van der Waals surface area contributed by atoms with Crippen LogP contribution in [0.4, 0.5) is 0 Å². The van der Waals surface area contributed by atoms with Gasteiger partial charge in [0.1, 0.15) is 5.76 Å². The molecular weight excluding hydrogens is 366 g/mol. The number of furan rings is 1. The number of benzene rings is 1. The Balaban J connectivity index is 1.64. The number of sulfone groups is 1. The summed E-state index contributed by atoms with van der Waals surface area (Å²) >= 11 is 0. The van der Waals surface area contributed by atoms with Crippen LogP contribution in [0.1, 0.15) is 22.8 Å². The largest absolute Gasteiger partial charge is 0.469 e. The maximum absolute atomic E-state index is 13.5. The van der Waals surface area contributed by atoms with Crippen molar-refractivity contribution in [1.82, 2.24) is 4.90 Å². The third-order valence-corrected chi connectivity index (χ3v) is 7.07. The maximum atomic E-state index is 13.5. The summed E-state index contributed by atoms with van der Waals surface area (Å²) in [5.74, 6) is 0.224. The van der Waals surface area contributed by atoms with E-state index in [1.54, 1.807) is 17.2 Å². The summed E-state index contributed by atoms with van der Waals surface area (Å²) in [5, 5.41) is 0. The fourth-order valence-electron chi connectivity index (χ4n) is 3.97. The van der Waals surface area contributed by atoms with Gasteiger partial charge in [0.15, 0.2) is 9.84 Å². The van der Waals surface area contributed by atoms with Crippen LogP contribution < -0.4 is 0 Å². The minimum absolute atomic E-state index is 0.00513. The molecule has 3 heterocycles. The van der Waals surface area contributed by atoms with Crippen molar-refractivity contribution in [3.8, 4) is 0 Å². The molecule has 3 unspecified atom stereocenters. The van der Waals surface area contributed by atoms with Crippen molar-refractivity contribution in [2.45, 2.75) is 31.4 Å². The van der Waals surface area contributed by atoms with Crippen molar-refractivity contribution in [3.63, 3.8) is 0 Å². The second-order valence-electron chi connectivity index (χ2n) is 7.33. The Morgan fingerprint density at radius 2 is 2.00 bits per heavy atom. The topological polar surface area (TPSA) is 76.8 Å². The van der Waals surface area contributed by atoms with E-state index >= 15 is 0 Å². The van der Waals surface area contributed by atoms with Gasteiger partial charge >= 0.3 is 0 Å². The molecule has 3 atom stereocenters. The molecule has 0 aliphatic carbocycles. The first-order valence-corrected chi connectivity index (χ1v) is 11.0. The van der Waals surface area contributed by atoms with Crippen LogP contribution in [0.15, 0.2) is 47.1 Å². The van der Waals surface area contributed by atoms with Gasteiger partial charge in [-0.25, -0.2) is 8.42 Å². The molecule has 0 saturated carbocycles. The van der Waals surface area contributed by atoms with Gasteiger partial charge in [0.25, 0.3) is 0 Å². The summed E-state index contributed by atoms with van der Waals surface area (Å²) in [6.07, 6.45) is 1.62. The average Bonchev–Trinajstić information content (AvgIpc) is 3.25. The van der Waals surface area contributed by atoms with E-state index in [0.29, 0.717) is 19.6 Å². The van der Waals surface area contributed by atoms with Crippen molar-refractivity contribution in [2.75, 3.05) is 24.7 Å². The third kappa shape index (κ3) is 3.80. The van der Waals surface area contributed by atoms with Crippen molar-refractivity contribution in [3.05, 3.63) is 59.5 Å². The van der Waals surface area contributed by atoms with Crippen LogP contribution >= 0.6 is 0 Å². The zero-order valence-corrected chi connectivity index (χ0v) is 16.0. The second kappa shape index (κ2) is 7.13. The van der Waals surface area contributed by atoms with Gasteiger partial charge in [0.05, 0.1) is 42.4 Å². The molecule has 4 rings (SSSR count). The van der Waals surface area contributed by atoms with Crippen LogP contribution in [0.5, 0.6) is 0 Å². The molecule has 2 aliphatic heterocycles. The number of hydrogen-bond donors (Lipinski definition) is 0. The standard InChI is InChI=1S/C20H23NO5S/c1-14-4-6-15(7-5-14)17(11-16-3-2-9-25-16)20(22)21-8-10-26-19-13-27(23,24)12-18(19)21/h2-7,9,17-19H,8,10-13H2,1H3. The number of carbonyl (C=O) groups is 1. The summed E-state index contributed by atoms with van der Waals surface area (Å²) in [5.41, 5.74) is 2.03. The fraction of sp³-hybridized carbons (Fsp3) is 0.450. The number of morpholine rings is 1. The average molecular weight is 389 g/mol. The van der Waals surface area contributed by atoms with Crippen LogP contribution in [0.2, 0.25) is 0 Å².